The number of aliphatic hydroxyl groups is 1. The van der Waals surface area contributed by atoms with Gasteiger partial charge in [-0.25, -0.2) is 0 Å². The standard InChI is InChI=1S/C14H24BNO4/c1-3-10-8-9(2)11-12(10)14(18)16(13(11)17)20-7-6-19-5-4-15/h3,9-12,14,18H,1,4-8,15H2,2H3/t9?,10?,11?,12?,14-/m1/s1. The summed E-state index contributed by atoms with van der Waals surface area (Å²) in [7, 11) is 2.03. The zero-order chi connectivity index (χ0) is 14.7. The Labute approximate surface area is 121 Å². The molecule has 1 aliphatic carbocycles. The Balaban J connectivity index is 1.92. The number of rotatable bonds is 7. The molecule has 20 heavy (non-hydrogen) atoms. The number of carbonyl (C=O) groups excluding carboxylic acids is 1. The second-order valence-electron chi connectivity index (χ2n) is 5.74. The maximum Gasteiger partial charge on any atom is 0.252 e. The van der Waals surface area contributed by atoms with Crippen LogP contribution in [-0.4, -0.2) is 50.0 Å². The minimum atomic E-state index is -0.869. The lowest BCUT2D eigenvalue weighted by Crippen LogP contribution is -2.38. The maximum absolute atomic E-state index is 12.4. The van der Waals surface area contributed by atoms with Gasteiger partial charge in [-0.2, -0.15) is 5.06 Å². The molecule has 112 valence electrons. The van der Waals surface area contributed by atoms with Crippen LogP contribution in [0, 0.1) is 23.7 Å². The molecule has 1 heterocycles. The molecule has 0 aromatic heterocycles. The van der Waals surface area contributed by atoms with Crippen LogP contribution in [0.25, 0.3) is 0 Å². The van der Waals surface area contributed by atoms with Crippen LogP contribution in [0.2, 0.25) is 6.32 Å². The maximum atomic E-state index is 12.4. The monoisotopic (exact) mass is 281 g/mol. The highest BCUT2D eigenvalue weighted by Crippen LogP contribution is 2.49. The molecular formula is C14H24BNO4. The molecule has 2 fully saturated rings. The van der Waals surface area contributed by atoms with Gasteiger partial charge < -0.3 is 9.84 Å². The third-order valence-corrected chi connectivity index (χ3v) is 4.36. The average molecular weight is 281 g/mol. The van der Waals surface area contributed by atoms with E-state index in [0.717, 1.165) is 17.8 Å². The van der Waals surface area contributed by atoms with Crippen molar-refractivity contribution in [3.63, 3.8) is 0 Å². The number of allylic oxidation sites excluding steroid dienone is 1. The molecule has 0 spiro atoms. The SMILES string of the molecule is BCCOCCON1C(=O)C2C(C)CC(C=C)C2[C@H]1O. The van der Waals surface area contributed by atoms with E-state index in [1.54, 1.807) is 0 Å². The van der Waals surface area contributed by atoms with Crippen LogP contribution >= 0.6 is 0 Å². The number of nitrogens with zero attached hydrogens (tertiary/aromatic N) is 1. The van der Waals surface area contributed by atoms with E-state index in [4.69, 9.17) is 9.57 Å². The molecule has 1 saturated heterocycles. The normalized spacial score (nSPS) is 36.4. The second-order valence-corrected chi connectivity index (χ2v) is 5.74. The van der Waals surface area contributed by atoms with Gasteiger partial charge in [0.15, 0.2) is 6.23 Å². The molecule has 5 nitrogen and oxygen atoms in total. The van der Waals surface area contributed by atoms with Crippen molar-refractivity contribution in [2.24, 2.45) is 23.7 Å². The van der Waals surface area contributed by atoms with Crippen LogP contribution in [-0.2, 0) is 14.4 Å². The van der Waals surface area contributed by atoms with Crippen LogP contribution < -0.4 is 0 Å². The van der Waals surface area contributed by atoms with Gasteiger partial charge in [0.25, 0.3) is 5.91 Å². The number of hydrogen-bond acceptors (Lipinski definition) is 4. The summed E-state index contributed by atoms with van der Waals surface area (Å²) in [6, 6.07) is 0. The van der Waals surface area contributed by atoms with Gasteiger partial charge in [-0.3, -0.25) is 9.63 Å². The molecule has 1 saturated carbocycles. The van der Waals surface area contributed by atoms with Crippen molar-refractivity contribution < 1.29 is 19.5 Å². The molecule has 1 amide bonds. The molecule has 4 unspecified atom stereocenters. The number of fused-ring (bicyclic) bond motifs is 1. The third kappa shape index (κ3) is 2.78. The first-order valence-electron chi connectivity index (χ1n) is 7.46. The molecule has 6 heteroatoms. The number of hydroxylamine groups is 2. The first-order valence-corrected chi connectivity index (χ1v) is 7.46. The number of ether oxygens (including phenoxy) is 1. The molecular weight excluding hydrogens is 257 g/mol. The van der Waals surface area contributed by atoms with Crippen molar-refractivity contribution in [3.8, 4) is 0 Å². The molecule has 0 aromatic rings. The summed E-state index contributed by atoms with van der Waals surface area (Å²) in [5.41, 5.74) is 0. The lowest BCUT2D eigenvalue weighted by molar-refractivity contribution is -0.231. The van der Waals surface area contributed by atoms with Crippen molar-refractivity contribution in [2.45, 2.75) is 25.9 Å². The van der Waals surface area contributed by atoms with Gasteiger partial charge in [-0.05, 0) is 18.3 Å². The predicted octanol–water partition coefficient (Wildman–Crippen LogP) is 0.221. The number of amides is 1. The van der Waals surface area contributed by atoms with Gasteiger partial charge in [0.1, 0.15) is 7.85 Å². The average Bonchev–Trinajstić information content (AvgIpc) is 2.89. The van der Waals surface area contributed by atoms with Crippen molar-refractivity contribution >= 4 is 13.8 Å². The zero-order valence-corrected chi connectivity index (χ0v) is 12.3. The topological polar surface area (TPSA) is 59.0 Å². The fraction of sp³-hybridized carbons (Fsp3) is 0.786. The van der Waals surface area contributed by atoms with Crippen LogP contribution in [0.4, 0.5) is 0 Å². The summed E-state index contributed by atoms with van der Waals surface area (Å²) in [5.74, 6) is 0.0972. The molecule has 0 bridgehead atoms. The molecule has 5 atom stereocenters. The summed E-state index contributed by atoms with van der Waals surface area (Å²) in [6.45, 7) is 7.27. The van der Waals surface area contributed by atoms with E-state index in [1.165, 1.54) is 0 Å². The van der Waals surface area contributed by atoms with Crippen LogP contribution in [0.1, 0.15) is 13.3 Å². The smallest absolute Gasteiger partial charge is 0.252 e. The van der Waals surface area contributed by atoms with Crippen molar-refractivity contribution in [1.82, 2.24) is 5.06 Å². The summed E-state index contributed by atoms with van der Waals surface area (Å²) < 4.78 is 5.31. The van der Waals surface area contributed by atoms with Gasteiger partial charge in [0.05, 0.1) is 19.1 Å². The van der Waals surface area contributed by atoms with E-state index in [2.05, 4.69) is 13.5 Å². The molecule has 1 aliphatic heterocycles. The van der Waals surface area contributed by atoms with E-state index >= 15 is 0 Å². The lowest BCUT2D eigenvalue weighted by atomic mass is 9.89. The first-order chi connectivity index (χ1) is 9.61. The van der Waals surface area contributed by atoms with Crippen molar-refractivity contribution in [2.75, 3.05) is 19.8 Å². The van der Waals surface area contributed by atoms with Crippen molar-refractivity contribution in [3.05, 3.63) is 12.7 Å². The van der Waals surface area contributed by atoms with Crippen LogP contribution in [0.3, 0.4) is 0 Å². The summed E-state index contributed by atoms with van der Waals surface area (Å²) in [6.07, 6.45) is 2.85. The Morgan fingerprint density at radius 2 is 2.25 bits per heavy atom. The third-order valence-electron chi connectivity index (χ3n) is 4.36. The molecule has 2 rings (SSSR count). The van der Waals surface area contributed by atoms with Gasteiger partial charge in [-0.15, -0.1) is 6.58 Å². The number of carbonyl (C=O) groups is 1. The largest absolute Gasteiger partial charge is 0.380 e. The molecule has 1 N–H and O–H groups in total. The number of hydrogen-bond donors (Lipinski definition) is 1. The quantitative estimate of drug-likeness (QED) is 0.412. The Morgan fingerprint density at radius 3 is 2.90 bits per heavy atom. The highest BCUT2D eigenvalue weighted by molar-refractivity contribution is 6.08. The molecule has 0 radical (unpaired) electrons. The van der Waals surface area contributed by atoms with Gasteiger partial charge in [0, 0.05) is 12.5 Å². The highest BCUT2D eigenvalue weighted by atomic mass is 16.7. The lowest BCUT2D eigenvalue weighted by Gasteiger charge is -2.24. The van der Waals surface area contributed by atoms with E-state index in [-0.39, 0.29) is 36.2 Å². The Bertz CT molecular complexity index is 365. The first kappa shape index (κ1) is 15.5. The summed E-state index contributed by atoms with van der Waals surface area (Å²) in [4.78, 5) is 17.8. The fourth-order valence-electron chi connectivity index (χ4n) is 3.46. The van der Waals surface area contributed by atoms with Crippen LogP contribution in [0.5, 0.6) is 0 Å². The Hall–Kier alpha value is -0.845. The minimum absolute atomic E-state index is 0.0911. The van der Waals surface area contributed by atoms with E-state index in [1.807, 2.05) is 13.9 Å². The van der Waals surface area contributed by atoms with Crippen LogP contribution in [0.15, 0.2) is 12.7 Å². The summed E-state index contributed by atoms with van der Waals surface area (Å²) >= 11 is 0. The molecule has 2 aliphatic rings. The fourth-order valence-corrected chi connectivity index (χ4v) is 3.46. The summed E-state index contributed by atoms with van der Waals surface area (Å²) in [5, 5.41) is 11.5. The van der Waals surface area contributed by atoms with Gasteiger partial charge >= 0.3 is 0 Å². The molecule has 0 aromatic carbocycles. The van der Waals surface area contributed by atoms with E-state index < -0.39 is 6.23 Å². The number of aliphatic hydroxyl groups excluding tert-OH is 1. The van der Waals surface area contributed by atoms with Crippen molar-refractivity contribution in [1.29, 1.82) is 0 Å². The second kappa shape index (κ2) is 6.74. The highest BCUT2D eigenvalue weighted by Gasteiger charge is 2.57. The van der Waals surface area contributed by atoms with Gasteiger partial charge in [0.2, 0.25) is 0 Å². The van der Waals surface area contributed by atoms with E-state index in [9.17, 15) is 9.90 Å². The van der Waals surface area contributed by atoms with Gasteiger partial charge in [-0.1, -0.05) is 19.3 Å². The Kier molecular flexibility index (Phi) is 5.24. The Morgan fingerprint density at radius 1 is 1.50 bits per heavy atom. The zero-order valence-electron chi connectivity index (χ0n) is 12.3. The minimum Gasteiger partial charge on any atom is -0.380 e. The van der Waals surface area contributed by atoms with E-state index in [0.29, 0.717) is 13.2 Å². The predicted molar refractivity (Wildman–Crippen MR) is 77.4 cm³/mol.